The van der Waals surface area contributed by atoms with Crippen LogP contribution in [0.3, 0.4) is 0 Å². The minimum absolute atomic E-state index is 0.654. The summed E-state index contributed by atoms with van der Waals surface area (Å²) in [6, 6.07) is 7.59. The number of fused-ring (bicyclic) bond motifs is 1. The molecule has 0 amide bonds. The van der Waals surface area contributed by atoms with Crippen LogP contribution in [0.1, 0.15) is 11.5 Å². The smallest absolute Gasteiger partial charge is 0.192 e. The topological polar surface area (TPSA) is 49.8 Å². The first-order valence-electron chi connectivity index (χ1n) is 4.23. The molecule has 3 heteroatoms. The van der Waals surface area contributed by atoms with Gasteiger partial charge < -0.3 is 4.42 Å². The Balaban J connectivity index is 2.51. The first-order chi connectivity index (χ1) is 6.79. The molecule has 3 nitrogen and oxygen atoms in total. The number of nitriles is 1. The summed E-state index contributed by atoms with van der Waals surface area (Å²) < 4.78 is 5.36. The first-order valence-corrected chi connectivity index (χ1v) is 4.23. The second kappa shape index (κ2) is 3.35. The molecular formula is C11H8N2O. The van der Waals surface area contributed by atoms with Gasteiger partial charge >= 0.3 is 0 Å². The number of aromatic nitrogens is 1. The lowest BCUT2D eigenvalue weighted by Crippen LogP contribution is -1.72. The number of oxazole rings is 1. The maximum absolute atomic E-state index is 8.37. The van der Waals surface area contributed by atoms with Crippen molar-refractivity contribution in [3.8, 4) is 6.07 Å². The predicted octanol–water partition coefficient (Wildman–Crippen LogP) is 2.67. The Morgan fingerprint density at radius 1 is 1.50 bits per heavy atom. The molecule has 0 aliphatic carbocycles. The molecule has 14 heavy (non-hydrogen) atoms. The number of hydrogen-bond donors (Lipinski definition) is 0. The van der Waals surface area contributed by atoms with Crippen molar-refractivity contribution in [2.24, 2.45) is 0 Å². The minimum Gasteiger partial charge on any atom is -0.441 e. The van der Waals surface area contributed by atoms with Gasteiger partial charge in [0.1, 0.15) is 5.52 Å². The first kappa shape index (κ1) is 8.52. The average molecular weight is 184 g/mol. The number of aryl methyl sites for hydroxylation is 1. The third-order valence-electron chi connectivity index (χ3n) is 1.87. The van der Waals surface area contributed by atoms with Crippen molar-refractivity contribution in [1.29, 1.82) is 5.26 Å². The van der Waals surface area contributed by atoms with E-state index < -0.39 is 0 Å². The van der Waals surface area contributed by atoms with E-state index in [0.717, 1.165) is 16.7 Å². The Morgan fingerprint density at radius 3 is 3.14 bits per heavy atom. The number of allylic oxidation sites excluding steroid dienone is 1. The van der Waals surface area contributed by atoms with Gasteiger partial charge in [0.05, 0.1) is 6.07 Å². The monoisotopic (exact) mass is 184 g/mol. The molecule has 0 saturated heterocycles. The zero-order valence-electron chi connectivity index (χ0n) is 7.69. The Morgan fingerprint density at radius 2 is 2.36 bits per heavy atom. The van der Waals surface area contributed by atoms with Crippen molar-refractivity contribution in [1.82, 2.24) is 4.98 Å². The maximum Gasteiger partial charge on any atom is 0.192 e. The molecular weight excluding hydrogens is 176 g/mol. The van der Waals surface area contributed by atoms with E-state index in [-0.39, 0.29) is 0 Å². The van der Waals surface area contributed by atoms with Crippen LogP contribution in [-0.2, 0) is 0 Å². The molecule has 0 radical (unpaired) electrons. The van der Waals surface area contributed by atoms with Crippen molar-refractivity contribution in [2.45, 2.75) is 6.92 Å². The molecule has 68 valence electrons. The summed E-state index contributed by atoms with van der Waals surface area (Å²) in [6.45, 7) is 1.81. The molecule has 0 spiro atoms. The molecule has 0 aliphatic rings. The normalized spacial score (nSPS) is 10.9. The van der Waals surface area contributed by atoms with Gasteiger partial charge in [-0.05, 0) is 23.8 Å². The van der Waals surface area contributed by atoms with Crippen LogP contribution in [-0.4, -0.2) is 4.98 Å². The van der Waals surface area contributed by atoms with Crippen LogP contribution in [0.2, 0.25) is 0 Å². The van der Waals surface area contributed by atoms with Crippen LogP contribution in [0.25, 0.3) is 17.2 Å². The Bertz CT molecular complexity index is 532. The molecule has 0 unspecified atom stereocenters. The van der Waals surface area contributed by atoms with Crippen LogP contribution in [0.5, 0.6) is 0 Å². The van der Waals surface area contributed by atoms with Gasteiger partial charge in [-0.3, -0.25) is 0 Å². The van der Waals surface area contributed by atoms with E-state index in [1.807, 2.05) is 31.2 Å². The van der Waals surface area contributed by atoms with Crippen LogP contribution >= 0.6 is 0 Å². The van der Waals surface area contributed by atoms with Gasteiger partial charge in [0.2, 0.25) is 0 Å². The molecule has 0 N–H and O–H groups in total. The number of hydrogen-bond acceptors (Lipinski definition) is 3. The fourth-order valence-corrected chi connectivity index (χ4v) is 1.29. The van der Waals surface area contributed by atoms with E-state index in [4.69, 9.17) is 9.68 Å². The summed E-state index contributed by atoms with van der Waals surface area (Å²) in [5.41, 5.74) is 2.54. The highest BCUT2D eigenvalue weighted by Crippen LogP contribution is 2.17. The van der Waals surface area contributed by atoms with Gasteiger partial charge in [0, 0.05) is 13.0 Å². The van der Waals surface area contributed by atoms with Crippen molar-refractivity contribution in [2.75, 3.05) is 0 Å². The van der Waals surface area contributed by atoms with E-state index in [0.29, 0.717) is 5.89 Å². The summed E-state index contributed by atoms with van der Waals surface area (Å²) >= 11 is 0. The summed E-state index contributed by atoms with van der Waals surface area (Å²) in [5.74, 6) is 0.654. The Kier molecular flexibility index (Phi) is 2.04. The van der Waals surface area contributed by atoms with Gasteiger partial charge in [0.25, 0.3) is 0 Å². The summed E-state index contributed by atoms with van der Waals surface area (Å²) in [7, 11) is 0. The van der Waals surface area contributed by atoms with Gasteiger partial charge in [-0.2, -0.15) is 5.26 Å². The zero-order chi connectivity index (χ0) is 9.97. The maximum atomic E-state index is 8.37. The lowest BCUT2D eigenvalue weighted by Gasteiger charge is -1.90. The second-order valence-electron chi connectivity index (χ2n) is 2.92. The van der Waals surface area contributed by atoms with Gasteiger partial charge in [-0.15, -0.1) is 0 Å². The highest BCUT2D eigenvalue weighted by Gasteiger charge is 2.00. The predicted molar refractivity (Wildman–Crippen MR) is 53.4 cm³/mol. The number of nitrogens with zero attached hydrogens (tertiary/aromatic N) is 2. The molecule has 0 saturated carbocycles. The molecule has 0 aliphatic heterocycles. The van der Waals surface area contributed by atoms with E-state index in [1.54, 1.807) is 6.08 Å². The molecule has 1 aromatic carbocycles. The highest BCUT2D eigenvalue weighted by atomic mass is 16.3. The van der Waals surface area contributed by atoms with Gasteiger partial charge in [0.15, 0.2) is 11.5 Å². The zero-order valence-corrected chi connectivity index (χ0v) is 7.69. The van der Waals surface area contributed by atoms with Crippen LogP contribution in [0.4, 0.5) is 0 Å². The van der Waals surface area contributed by atoms with Crippen molar-refractivity contribution >= 4 is 17.2 Å². The second-order valence-corrected chi connectivity index (χ2v) is 2.92. The van der Waals surface area contributed by atoms with Crippen molar-refractivity contribution in [3.05, 3.63) is 35.7 Å². The molecule has 0 atom stereocenters. The van der Waals surface area contributed by atoms with Gasteiger partial charge in [-0.1, -0.05) is 6.07 Å². The lowest BCUT2D eigenvalue weighted by atomic mass is 10.2. The Hall–Kier alpha value is -2.08. The SMILES string of the molecule is Cc1nc2ccc(C=CC#N)cc2o1. The third kappa shape index (κ3) is 1.50. The minimum atomic E-state index is 0.654. The van der Waals surface area contributed by atoms with E-state index in [9.17, 15) is 0 Å². The number of benzene rings is 1. The quantitative estimate of drug-likeness (QED) is 0.640. The van der Waals surface area contributed by atoms with Crippen LogP contribution < -0.4 is 0 Å². The van der Waals surface area contributed by atoms with Crippen molar-refractivity contribution in [3.63, 3.8) is 0 Å². The van der Waals surface area contributed by atoms with E-state index in [1.165, 1.54) is 6.08 Å². The Labute approximate surface area is 81.3 Å². The largest absolute Gasteiger partial charge is 0.441 e. The fourth-order valence-electron chi connectivity index (χ4n) is 1.29. The lowest BCUT2D eigenvalue weighted by molar-refractivity contribution is 0.561. The number of rotatable bonds is 1. The fraction of sp³-hybridized carbons (Fsp3) is 0.0909. The summed E-state index contributed by atoms with van der Waals surface area (Å²) in [6.07, 6.45) is 3.17. The molecule has 2 rings (SSSR count). The van der Waals surface area contributed by atoms with Crippen LogP contribution in [0.15, 0.2) is 28.7 Å². The molecule has 0 fully saturated rings. The molecule has 1 heterocycles. The summed E-state index contributed by atoms with van der Waals surface area (Å²) in [5, 5.41) is 8.37. The third-order valence-corrected chi connectivity index (χ3v) is 1.87. The van der Waals surface area contributed by atoms with E-state index in [2.05, 4.69) is 4.98 Å². The standard InChI is InChI=1S/C11H8N2O/c1-8-13-10-5-4-9(3-2-6-12)7-11(10)14-8/h2-5,7H,1H3. The van der Waals surface area contributed by atoms with Crippen LogP contribution in [0, 0.1) is 18.3 Å². The molecule has 0 bridgehead atoms. The molecule has 2 aromatic rings. The summed E-state index contributed by atoms with van der Waals surface area (Å²) in [4.78, 5) is 4.18. The average Bonchev–Trinajstić information content (AvgIpc) is 2.54. The van der Waals surface area contributed by atoms with Gasteiger partial charge in [-0.25, -0.2) is 4.98 Å². The van der Waals surface area contributed by atoms with Crippen molar-refractivity contribution < 1.29 is 4.42 Å². The molecule has 1 aromatic heterocycles. The highest BCUT2D eigenvalue weighted by molar-refractivity contribution is 5.76. The van der Waals surface area contributed by atoms with E-state index >= 15 is 0 Å².